The molecule has 2 heteroatoms. The summed E-state index contributed by atoms with van der Waals surface area (Å²) in [4.78, 5) is 0. The second-order valence-corrected chi connectivity index (χ2v) is 3.59. The number of ether oxygens (including phenoxy) is 1. The molecule has 0 aromatic heterocycles. The van der Waals surface area contributed by atoms with E-state index in [9.17, 15) is 0 Å². The number of halogens is 1. The zero-order valence-corrected chi connectivity index (χ0v) is 9.31. The van der Waals surface area contributed by atoms with Gasteiger partial charge in [-0.05, 0) is 32.1 Å². The van der Waals surface area contributed by atoms with Crippen molar-refractivity contribution in [2.24, 2.45) is 0 Å². The molecule has 1 rings (SSSR count). The summed E-state index contributed by atoms with van der Waals surface area (Å²) in [6.45, 7) is 5.62. The topological polar surface area (TPSA) is 9.23 Å². The van der Waals surface area contributed by atoms with Crippen LogP contribution in [-0.2, 0) is 4.74 Å². The molecule has 12 heavy (non-hydrogen) atoms. The normalized spacial score (nSPS) is 15.1. The summed E-state index contributed by atoms with van der Waals surface area (Å²) in [5.74, 6) is 0. The summed E-state index contributed by atoms with van der Waals surface area (Å²) < 4.78 is 4.94. The van der Waals surface area contributed by atoms with Crippen molar-refractivity contribution in [1.29, 1.82) is 0 Å². The summed E-state index contributed by atoms with van der Waals surface area (Å²) in [6, 6.07) is 0. The molecule has 0 N–H and O–H groups in total. The number of hydrogen-bond acceptors (Lipinski definition) is 1. The molecule has 0 aliphatic carbocycles. The van der Waals surface area contributed by atoms with Crippen LogP contribution in [0.15, 0.2) is 12.7 Å². The second-order valence-electron chi connectivity index (χ2n) is 2.79. The zero-order chi connectivity index (χ0) is 9.07. The SMILES string of the molecule is C1CCOC1.C=CCCCCBr. The maximum Gasteiger partial charge on any atom is 0.0466 e. The van der Waals surface area contributed by atoms with Gasteiger partial charge in [0.25, 0.3) is 0 Å². The van der Waals surface area contributed by atoms with E-state index in [2.05, 4.69) is 22.5 Å². The Bertz CT molecular complexity index is 82.2. The molecule has 1 aliphatic heterocycles. The monoisotopic (exact) mass is 234 g/mol. The van der Waals surface area contributed by atoms with E-state index in [1.165, 1.54) is 25.7 Å². The second kappa shape index (κ2) is 11.2. The van der Waals surface area contributed by atoms with Crippen molar-refractivity contribution in [1.82, 2.24) is 0 Å². The predicted octanol–water partition coefficient (Wildman–Crippen LogP) is 3.53. The van der Waals surface area contributed by atoms with Gasteiger partial charge in [0.2, 0.25) is 0 Å². The van der Waals surface area contributed by atoms with Crippen LogP contribution < -0.4 is 0 Å². The maximum absolute atomic E-state index is 4.94. The molecule has 1 aliphatic rings. The highest BCUT2D eigenvalue weighted by molar-refractivity contribution is 9.09. The van der Waals surface area contributed by atoms with E-state index in [0.717, 1.165) is 25.0 Å². The van der Waals surface area contributed by atoms with Gasteiger partial charge in [-0.1, -0.05) is 22.0 Å². The predicted molar refractivity (Wildman–Crippen MR) is 57.9 cm³/mol. The van der Waals surface area contributed by atoms with Crippen LogP contribution in [-0.4, -0.2) is 18.5 Å². The first kappa shape index (κ1) is 12.2. The Hall–Kier alpha value is 0.180. The van der Waals surface area contributed by atoms with Crippen molar-refractivity contribution in [3.8, 4) is 0 Å². The molecule has 0 aromatic carbocycles. The van der Waals surface area contributed by atoms with Crippen molar-refractivity contribution >= 4 is 15.9 Å². The molecular formula is C10H19BrO. The highest BCUT2D eigenvalue weighted by atomic mass is 79.9. The minimum atomic E-state index is 1.00. The number of allylic oxidation sites excluding steroid dienone is 1. The van der Waals surface area contributed by atoms with E-state index in [0.29, 0.717) is 0 Å². The summed E-state index contributed by atoms with van der Waals surface area (Å²) in [5.41, 5.74) is 0. The van der Waals surface area contributed by atoms with Crippen molar-refractivity contribution in [2.75, 3.05) is 18.5 Å². The molecule has 0 spiro atoms. The Labute approximate surface area is 84.3 Å². The molecule has 0 aromatic rings. The van der Waals surface area contributed by atoms with Gasteiger partial charge in [0.15, 0.2) is 0 Å². The fourth-order valence-electron chi connectivity index (χ4n) is 0.893. The van der Waals surface area contributed by atoms with Crippen LogP contribution in [0, 0.1) is 0 Å². The summed E-state index contributed by atoms with van der Waals surface area (Å²) >= 11 is 3.35. The van der Waals surface area contributed by atoms with Gasteiger partial charge in [0.05, 0.1) is 0 Å². The lowest BCUT2D eigenvalue weighted by Crippen LogP contribution is -1.74. The van der Waals surface area contributed by atoms with Gasteiger partial charge < -0.3 is 4.74 Å². The van der Waals surface area contributed by atoms with Gasteiger partial charge in [-0.3, -0.25) is 0 Å². The number of rotatable bonds is 4. The molecule has 0 atom stereocenters. The third-order valence-corrected chi connectivity index (χ3v) is 2.18. The first-order valence-corrected chi connectivity index (χ1v) is 5.78. The van der Waals surface area contributed by atoms with Crippen LogP contribution in [0.2, 0.25) is 0 Å². The van der Waals surface area contributed by atoms with E-state index in [1.54, 1.807) is 0 Å². The van der Waals surface area contributed by atoms with E-state index in [1.807, 2.05) is 6.08 Å². The Kier molecular flexibility index (Phi) is 11.3. The fourth-order valence-corrected chi connectivity index (χ4v) is 1.29. The zero-order valence-electron chi connectivity index (χ0n) is 7.73. The van der Waals surface area contributed by atoms with E-state index >= 15 is 0 Å². The molecule has 1 heterocycles. The van der Waals surface area contributed by atoms with Crippen LogP contribution in [0.25, 0.3) is 0 Å². The fraction of sp³-hybridized carbons (Fsp3) is 0.800. The third kappa shape index (κ3) is 10.2. The molecule has 0 bridgehead atoms. The van der Waals surface area contributed by atoms with Crippen LogP contribution in [0.4, 0.5) is 0 Å². The molecule has 1 fully saturated rings. The highest BCUT2D eigenvalue weighted by Gasteiger charge is 1.94. The number of hydrogen-bond donors (Lipinski definition) is 0. The average molecular weight is 235 g/mol. The van der Waals surface area contributed by atoms with E-state index < -0.39 is 0 Å². The minimum absolute atomic E-state index is 1.00. The van der Waals surface area contributed by atoms with Crippen molar-refractivity contribution in [3.05, 3.63) is 12.7 Å². The number of alkyl halides is 1. The Morgan fingerprint density at radius 2 is 1.92 bits per heavy atom. The average Bonchev–Trinajstić information content (AvgIpc) is 2.62. The molecule has 0 radical (unpaired) electrons. The van der Waals surface area contributed by atoms with Gasteiger partial charge in [0, 0.05) is 18.5 Å². The quantitative estimate of drug-likeness (QED) is 0.411. The summed E-state index contributed by atoms with van der Waals surface area (Å²) in [6.07, 6.45) is 8.22. The molecule has 72 valence electrons. The van der Waals surface area contributed by atoms with Crippen LogP contribution >= 0.6 is 15.9 Å². The third-order valence-electron chi connectivity index (χ3n) is 1.62. The lowest BCUT2D eigenvalue weighted by Gasteiger charge is -1.86. The summed E-state index contributed by atoms with van der Waals surface area (Å²) in [7, 11) is 0. The molecule has 0 amide bonds. The molecule has 1 nitrogen and oxygen atoms in total. The highest BCUT2D eigenvalue weighted by Crippen LogP contribution is 1.98. The standard InChI is InChI=1S/C6H11Br.C4H8O/c1-2-3-4-5-6-7;1-2-4-5-3-1/h2H,1,3-6H2;1-4H2. The van der Waals surface area contributed by atoms with Gasteiger partial charge in [0.1, 0.15) is 0 Å². The molecule has 0 unspecified atom stereocenters. The lowest BCUT2D eigenvalue weighted by atomic mass is 10.2. The van der Waals surface area contributed by atoms with Gasteiger partial charge in [-0.25, -0.2) is 0 Å². The molecule has 1 saturated heterocycles. The van der Waals surface area contributed by atoms with Crippen molar-refractivity contribution in [3.63, 3.8) is 0 Å². The van der Waals surface area contributed by atoms with E-state index in [-0.39, 0.29) is 0 Å². The van der Waals surface area contributed by atoms with Crippen molar-refractivity contribution < 1.29 is 4.74 Å². The largest absolute Gasteiger partial charge is 0.381 e. The first-order valence-electron chi connectivity index (χ1n) is 4.66. The lowest BCUT2D eigenvalue weighted by molar-refractivity contribution is 0.198. The molecule has 0 saturated carbocycles. The van der Waals surface area contributed by atoms with Gasteiger partial charge in [-0.2, -0.15) is 0 Å². The number of unbranched alkanes of at least 4 members (excludes halogenated alkanes) is 2. The minimum Gasteiger partial charge on any atom is -0.381 e. The van der Waals surface area contributed by atoms with E-state index in [4.69, 9.17) is 4.74 Å². The van der Waals surface area contributed by atoms with Crippen LogP contribution in [0.5, 0.6) is 0 Å². The van der Waals surface area contributed by atoms with Gasteiger partial charge >= 0.3 is 0 Å². The van der Waals surface area contributed by atoms with Gasteiger partial charge in [-0.15, -0.1) is 6.58 Å². The Morgan fingerprint density at radius 3 is 2.25 bits per heavy atom. The van der Waals surface area contributed by atoms with Crippen LogP contribution in [0.1, 0.15) is 32.1 Å². The van der Waals surface area contributed by atoms with Crippen LogP contribution in [0.3, 0.4) is 0 Å². The van der Waals surface area contributed by atoms with Crippen molar-refractivity contribution in [2.45, 2.75) is 32.1 Å². The Morgan fingerprint density at radius 1 is 1.25 bits per heavy atom. The smallest absolute Gasteiger partial charge is 0.0466 e. The Balaban J connectivity index is 0.000000211. The maximum atomic E-state index is 4.94. The molecular weight excluding hydrogens is 216 g/mol. The summed E-state index contributed by atoms with van der Waals surface area (Å²) in [5, 5.41) is 1.13. The first-order chi connectivity index (χ1) is 5.91.